The minimum atomic E-state index is -2.33. The number of nitrogens with zero attached hydrogens (tertiary/aromatic N) is 1. The van der Waals surface area contributed by atoms with Gasteiger partial charge < -0.3 is 0 Å². The molecule has 0 aromatic heterocycles. The maximum atomic E-state index is 5.76. The van der Waals surface area contributed by atoms with Gasteiger partial charge in [-0.15, -0.1) is 0 Å². The summed E-state index contributed by atoms with van der Waals surface area (Å²) in [4.78, 5) is 0. The second-order valence-electron chi connectivity index (χ2n) is 8.87. The number of aryl methyl sites for hydroxylation is 1. The molecule has 164 valence electrons. The monoisotopic (exact) mass is 455 g/mol. The molecule has 0 saturated carbocycles. The lowest BCUT2D eigenvalue weighted by atomic mass is 10.1. The van der Waals surface area contributed by atoms with Crippen molar-refractivity contribution in [1.82, 2.24) is 0 Å². The summed E-state index contributed by atoms with van der Waals surface area (Å²) in [5.41, 5.74) is 7.86. The standard InChI is InChI=1S/C32H26NP/c1-24-20-22-25(23-21-24)33-34(26-12-4-2-5-13-26,27-14-6-3-7-15-27)32-30-18-10-8-16-28(30)29-17-9-11-19-31(29)32/h2-23,32H,1H3. The Balaban J connectivity index is 1.78. The molecule has 0 saturated heterocycles. The van der Waals surface area contributed by atoms with Gasteiger partial charge >= 0.3 is 0 Å². The van der Waals surface area contributed by atoms with Crippen molar-refractivity contribution in [3.05, 3.63) is 150 Å². The molecule has 5 aromatic carbocycles. The Morgan fingerprint density at radius 2 is 0.941 bits per heavy atom. The molecule has 1 aliphatic carbocycles. The molecular weight excluding hydrogens is 429 g/mol. The third-order valence-corrected chi connectivity index (χ3v) is 10.8. The summed E-state index contributed by atoms with van der Waals surface area (Å²) in [6, 6.07) is 48.4. The Kier molecular flexibility index (Phi) is 5.28. The molecule has 1 aliphatic rings. The van der Waals surface area contributed by atoms with Gasteiger partial charge in [-0.2, -0.15) is 0 Å². The molecule has 0 heterocycles. The average Bonchev–Trinajstić information content (AvgIpc) is 3.24. The molecule has 0 fully saturated rings. The van der Waals surface area contributed by atoms with Crippen molar-refractivity contribution in [2.24, 2.45) is 4.74 Å². The first kappa shape index (κ1) is 20.9. The molecule has 0 N–H and O–H groups in total. The summed E-state index contributed by atoms with van der Waals surface area (Å²) in [7, 11) is -2.33. The molecule has 0 spiro atoms. The fourth-order valence-electron chi connectivity index (χ4n) is 5.26. The quantitative estimate of drug-likeness (QED) is 0.242. The van der Waals surface area contributed by atoms with E-state index in [2.05, 4.69) is 140 Å². The number of hydrogen-bond acceptors (Lipinski definition) is 1. The molecule has 0 atom stereocenters. The lowest BCUT2D eigenvalue weighted by Gasteiger charge is -2.33. The van der Waals surface area contributed by atoms with Crippen LogP contribution in [-0.4, -0.2) is 0 Å². The fraction of sp³-hybridized carbons (Fsp3) is 0.0625. The van der Waals surface area contributed by atoms with Gasteiger partial charge in [0.15, 0.2) is 0 Å². The van der Waals surface area contributed by atoms with E-state index >= 15 is 0 Å². The molecule has 5 aromatic rings. The van der Waals surface area contributed by atoms with E-state index in [0.29, 0.717) is 0 Å². The van der Waals surface area contributed by atoms with Crippen LogP contribution < -0.4 is 10.6 Å². The zero-order chi connectivity index (χ0) is 23.0. The molecule has 6 rings (SSSR count). The van der Waals surface area contributed by atoms with E-state index in [4.69, 9.17) is 4.74 Å². The third-order valence-electron chi connectivity index (χ3n) is 6.78. The van der Waals surface area contributed by atoms with Crippen molar-refractivity contribution in [2.45, 2.75) is 12.6 Å². The highest BCUT2D eigenvalue weighted by atomic mass is 31.2. The number of hydrogen-bond donors (Lipinski definition) is 0. The third kappa shape index (κ3) is 3.36. The topological polar surface area (TPSA) is 12.4 Å². The highest BCUT2D eigenvalue weighted by molar-refractivity contribution is 7.81. The van der Waals surface area contributed by atoms with Gasteiger partial charge in [0.05, 0.1) is 11.3 Å². The number of rotatable bonds is 4. The van der Waals surface area contributed by atoms with Gasteiger partial charge in [-0.3, -0.25) is 4.74 Å². The summed E-state index contributed by atoms with van der Waals surface area (Å²) in [5.74, 6) is 0. The average molecular weight is 456 g/mol. The summed E-state index contributed by atoms with van der Waals surface area (Å²) < 4.78 is 5.76. The summed E-state index contributed by atoms with van der Waals surface area (Å²) in [5, 5.41) is 2.61. The van der Waals surface area contributed by atoms with E-state index in [1.165, 1.54) is 38.4 Å². The van der Waals surface area contributed by atoms with Crippen LogP contribution >= 0.6 is 7.05 Å². The van der Waals surface area contributed by atoms with Crippen molar-refractivity contribution >= 4 is 23.4 Å². The van der Waals surface area contributed by atoms with Crippen LogP contribution in [0.15, 0.2) is 138 Å². The molecule has 0 unspecified atom stereocenters. The molecule has 0 amide bonds. The minimum Gasteiger partial charge on any atom is -0.258 e. The van der Waals surface area contributed by atoms with Gasteiger partial charge in [0.25, 0.3) is 0 Å². The van der Waals surface area contributed by atoms with E-state index in [1.807, 2.05) is 0 Å². The number of benzene rings is 5. The normalized spacial score (nSPS) is 12.7. The van der Waals surface area contributed by atoms with Crippen LogP contribution in [0.25, 0.3) is 11.1 Å². The fourth-order valence-corrected chi connectivity index (χ4v) is 9.50. The smallest absolute Gasteiger partial charge is 0.0621 e. The first-order chi connectivity index (χ1) is 16.8. The first-order valence-corrected chi connectivity index (χ1v) is 13.6. The van der Waals surface area contributed by atoms with Crippen molar-refractivity contribution in [3.63, 3.8) is 0 Å². The first-order valence-electron chi connectivity index (χ1n) is 11.8. The van der Waals surface area contributed by atoms with E-state index in [0.717, 1.165) is 5.69 Å². The van der Waals surface area contributed by atoms with Crippen LogP contribution in [0.4, 0.5) is 5.69 Å². The highest BCUT2D eigenvalue weighted by Gasteiger charge is 2.42. The lowest BCUT2D eigenvalue weighted by molar-refractivity contribution is 1.19. The molecule has 0 aliphatic heterocycles. The maximum Gasteiger partial charge on any atom is 0.0621 e. The Morgan fingerprint density at radius 3 is 1.44 bits per heavy atom. The van der Waals surface area contributed by atoms with Crippen molar-refractivity contribution < 1.29 is 0 Å². The van der Waals surface area contributed by atoms with E-state index in [1.54, 1.807) is 0 Å². The summed E-state index contributed by atoms with van der Waals surface area (Å²) >= 11 is 0. The highest BCUT2D eigenvalue weighted by Crippen LogP contribution is 2.68. The molecule has 34 heavy (non-hydrogen) atoms. The van der Waals surface area contributed by atoms with Crippen LogP contribution in [0, 0.1) is 6.92 Å². The molecule has 1 nitrogen and oxygen atoms in total. The van der Waals surface area contributed by atoms with E-state index in [-0.39, 0.29) is 5.66 Å². The Morgan fingerprint density at radius 1 is 0.500 bits per heavy atom. The maximum absolute atomic E-state index is 5.76. The van der Waals surface area contributed by atoms with E-state index in [9.17, 15) is 0 Å². The lowest BCUT2D eigenvalue weighted by Crippen LogP contribution is -2.21. The van der Waals surface area contributed by atoms with Crippen LogP contribution in [0.2, 0.25) is 0 Å². The van der Waals surface area contributed by atoms with Gasteiger partial charge in [0.2, 0.25) is 0 Å². The van der Waals surface area contributed by atoms with Crippen LogP contribution in [-0.2, 0) is 0 Å². The van der Waals surface area contributed by atoms with Crippen molar-refractivity contribution in [1.29, 1.82) is 0 Å². The zero-order valence-electron chi connectivity index (χ0n) is 19.2. The number of fused-ring (bicyclic) bond motifs is 3. The summed E-state index contributed by atoms with van der Waals surface area (Å²) in [6.45, 7) is 2.13. The second-order valence-corrected chi connectivity index (χ2v) is 12.0. The Hall–Kier alpha value is -3.67. The Labute approximate surface area is 201 Å². The van der Waals surface area contributed by atoms with Crippen LogP contribution in [0.3, 0.4) is 0 Å². The SMILES string of the molecule is Cc1ccc(N=P(c2ccccc2)(c2ccccc2)C2c3ccccc3-c3ccccc32)cc1. The minimum absolute atomic E-state index is 0.158. The summed E-state index contributed by atoms with van der Waals surface area (Å²) in [6.07, 6.45) is 0. The van der Waals surface area contributed by atoms with E-state index < -0.39 is 7.05 Å². The van der Waals surface area contributed by atoms with Gasteiger partial charge in [0.1, 0.15) is 0 Å². The molecule has 0 radical (unpaired) electrons. The van der Waals surface area contributed by atoms with Gasteiger partial charge in [-0.05, 0) is 51.9 Å². The van der Waals surface area contributed by atoms with Crippen molar-refractivity contribution in [3.8, 4) is 11.1 Å². The van der Waals surface area contributed by atoms with Crippen molar-refractivity contribution in [2.75, 3.05) is 0 Å². The van der Waals surface area contributed by atoms with Crippen LogP contribution in [0.5, 0.6) is 0 Å². The predicted molar refractivity (Wildman–Crippen MR) is 146 cm³/mol. The molecule has 2 heteroatoms. The molecular formula is C32H26NP. The van der Waals surface area contributed by atoms with Gasteiger partial charge in [0, 0.05) is 7.05 Å². The van der Waals surface area contributed by atoms with Gasteiger partial charge in [-0.1, -0.05) is 127 Å². The largest absolute Gasteiger partial charge is 0.258 e. The Bertz CT molecular complexity index is 1410. The molecule has 0 bridgehead atoms. The second kappa shape index (κ2) is 8.60. The van der Waals surface area contributed by atoms with Crippen LogP contribution in [0.1, 0.15) is 22.3 Å². The van der Waals surface area contributed by atoms with Gasteiger partial charge in [-0.25, -0.2) is 0 Å². The zero-order valence-corrected chi connectivity index (χ0v) is 20.1. The predicted octanol–water partition coefficient (Wildman–Crippen LogP) is 8.25.